The van der Waals surface area contributed by atoms with Crippen LogP contribution in [0.25, 0.3) is 16.6 Å². The lowest BCUT2D eigenvalue weighted by Gasteiger charge is -2.23. The predicted octanol–water partition coefficient (Wildman–Crippen LogP) is 5.87. The van der Waals surface area contributed by atoms with Crippen molar-refractivity contribution in [2.75, 3.05) is 18.5 Å². The Morgan fingerprint density at radius 2 is 1.67 bits per heavy atom. The third-order valence-electron chi connectivity index (χ3n) is 7.19. The number of carbonyl (C=O) groups excluding carboxylic acids is 3. The van der Waals surface area contributed by atoms with Crippen molar-refractivity contribution in [1.82, 2.24) is 19.4 Å². The first-order valence-corrected chi connectivity index (χ1v) is 13.7. The fraction of sp³-hybridized carbons (Fsp3) is 0.129. The van der Waals surface area contributed by atoms with E-state index in [0.29, 0.717) is 27.7 Å². The summed E-state index contributed by atoms with van der Waals surface area (Å²) in [5, 5.41) is 1.43. The highest BCUT2D eigenvalue weighted by Crippen LogP contribution is 2.38. The Morgan fingerprint density at radius 1 is 0.976 bits per heavy atom. The number of carbonyl (C=O) groups is 3. The third kappa shape index (κ3) is 4.66. The van der Waals surface area contributed by atoms with Crippen molar-refractivity contribution in [2.45, 2.75) is 13.5 Å². The Hall–Kier alpha value is -4.73. The molecule has 0 saturated carbocycles. The normalized spacial score (nSPS) is 12.6. The summed E-state index contributed by atoms with van der Waals surface area (Å²) in [4.78, 5) is 49.9. The summed E-state index contributed by atoms with van der Waals surface area (Å²) in [6, 6.07) is 17.4. The van der Waals surface area contributed by atoms with Crippen LogP contribution in [0, 0.1) is 6.92 Å². The Kier molecular flexibility index (Phi) is 7.14. The molecule has 0 radical (unpaired) electrons. The molecule has 6 rings (SSSR count). The quantitative estimate of drug-likeness (QED) is 0.217. The van der Waals surface area contributed by atoms with Gasteiger partial charge in [0, 0.05) is 35.4 Å². The number of imide groups is 1. The van der Waals surface area contributed by atoms with Gasteiger partial charge in [0.2, 0.25) is 5.91 Å². The molecular weight excluding hydrogens is 577 g/mol. The van der Waals surface area contributed by atoms with Crippen LogP contribution in [0.5, 0.6) is 5.75 Å². The van der Waals surface area contributed by atoms with Gasteiger partial charge in [-0.15, -0.1) is 0 Å². The van der Waals surface area contributed by atoms with Crippen molar-refractivity contribution in [2.24, 2.45) is 0 Å². The number of halogens is 2. The number of rotatable bonds is 7. The summed E-state index contributed by atoms with van der Waals surface area (Å²) in [5.41, 5.74) is 3.60. The number of amides is 3. The van der Waals surface area contributed by atoms with Gasteiger partial charge in [0.15, 0.2) is 5.75 Å². The number of para-hydroxylation sites is 1. The van der Waals surface area contributed by atoms with E-state index in [4.69, 9.17) is 32.9 Å². The monoisotopic (exact) mass is 599 g/mol. The maximum absolute atomic E-state index is 13.3. The molecule has 5 aromatic rings. The number of ether oxygens (including phenoxy) is 1. The Labute approximate surface area is 250 Å². The molecule has 0 fully saturated rings. The number of pyridine rings is 1. The van der Waals surface area contributed by atoms with Gasteiger partial charge < -0.3 is 14.2 Å². The molecule has 3 amide bonds. The first kappa shape index (κ1) is 27.4. The molecule has 0 unspecified atom stereocenters. The van der Waals surface area contributed by atoms with E-state index < -0.39 is 24.3 Å². The minimum Gasteiger partial charge on any atom is -0.485 e. The van der Waals surface area contributed by atoms with Gasteiger partial charge in [-0.05, 0) is 37.3 Å². The Bertz CT molecular complexity index is 1860. The Morgan fingerprint density at radius 3 is 2.36 bits per heavy atom. The van der Waals surface area contributed by atoms with E-state index in [2.05, 4.69) is 4.98 Å². The van der Waals surface area contributed by atoms with Gasteiger partial charge in [0.1, 0.15) is 18.8 Å². The second-order valence-corrected chi connectivity index (χ2v) is 10.5. The highest BCUT2D eigenvalue weighted by molar-refractivity contribution is 6.38. The van der Waals surface area contributed by atoms with Crippen LogP contribution in [-0.4, -0.2) is 50.7 Å². The van der Waals surface area contributed by atoms with Gasteiger partial charge in [0.05, 0.1) is 39.4 Å². The van der Waals surface area contributed by atoms with Crippen molar-refractivity contribution in [3.63, 3.8) is 0 Å². The van der Waals surface area contributed by atoms with Gasteiger partial charge in [-0.25, -0.2) is 9.97 Å². The second kappa shape index (κ2) is 10.9. The molecule has 3 heterocycles. The SMILES string of the molecule is Cc1nc2ccccc2c(-n2ccnc2)c1OCc1c(Cl)ccc(N(C)C(=O)CN2C(=O)c3ccccc3C2=O)c1Cl. The molecular formula is C31H23Cl2N5O4. The van der Waals surface area contributed by atoms with Crippen molar-refractivity contribution >= 4 is 57.5 Å². The van der Waals surface area contributed by atoms with Gasteiger partial charge >= 0.3 is 0 Å². The number of nitrogens with zero attached hydrogens (tertiary/aromatic N) is 5. The number of likely N-dealkylation sites (N-methyl/N-ethyl adjacent to an activating group) is 1. The molecule has 2 aromatic heterocycles. The van der Waals surface area contributed by atoms with Crippen molar-refractivity contribution in [1.29, 1.82) is 0 Å². The molecule has 0 spiro atoms. The van der Waals surface area contributed by atoms with Crippen LogP contribution in [-0.2, 0) is 11.4 Å². The molecule has 0 bridgehead atoms. The molecule has 210 valence electrons. The second-order valence-electron chi connectivity index (χ2n) is 9.70. The van der Waals surface area contributed by atoms with Crippen LogP contribution in [0.3, 0.4) is 0 Å². The lowest BCUT2D eigenvalue weighted by Crippen LogP contribution is -2.41. The molecule has 0 aliphatic carbocycles. The van der Waals surface area contributed by atoms with Crippen molar-refractivity contribution < 1.29 is 19.1 Å². The van der Waals surface area contributed by atoms with Gasteiger partial charge in [-0.1, -0.05) is 53.5 Å². The molecule has 0 N–H and O–H groups in total. The summed E-state index contributed by atoms with van der Waals surface area (Å²) >= 11 is 13.4. The first-order chi connectivity index (χ1) is 20.3. The minimum absolute atomic E-state index is 0.0193. The van der Waals surface area contributed by atoms with E-state index in [1.165, 1.54) is 11.9 Å². The lowest BCUT2D eigenvalue weighted by molar-refractivity contribution is -0.118. The van der Waals surface area contributed by atoms with E-state index in [-0.39, 0.29) is 22.8 Å². The number of aromatic nitrogens is 3. The highest BCUT2D eigenvalue weighted by Gasteiger charge is 2.37. The number of anilines is 1. The van der Waals surface area contributed by atoms with Crippen LogP contribution >= 0.6 is 23.2 Å². The molecule has 3 aromatic carbocycles. The van der Waals surface area contributed by atoms with Crippen LogP contribution in [0.4, 0.5) is 5.69 Å². The van der Waals surface area contributed by atoms with E-state index in [0.717, 1.165) is 21.5 Å². The molecule has 11 heteroatoms. The topological polar surface area (TPSA) is 97.6 Å². The number of aryl methyl sites for hydroxylation is 1. The summed E-state index contributed by atoms with van der Waals surface area (Å²) in [7, 11) is 1.52. The van der Waals surface area contributed by atoms with Crippen molar-refractivity contribution in [3.8, 4) is 11.4 Å². The highest BCUT2D eigenvalue weighted by atomic mass is 35.5. The fourth-order valence-corrected chi connectivity index (χ4v) is 5.60. The van der Waals surface area contributed by atoms with Crippen LogP contribution < -0.4 is 9.64 Å². The summed E-state index contributed by atoms with van der Waals surface area (Å²) < 4.78 is 8.19. The summed E-state index contributed by atoms with van der Waals surface area (Å²) in [6.07, 6.45) is 5.19. The number of benzene rings is 3. The maximum atomic E-state index is 13.3. The lowest BCUT2D eigenvalue weighted by atomic mass is 10.1. The zero-order chi connectivity index (χ0) is 29.5. The van der Waals surface area contributed by atoms with Gasteiger partial charge in [-0.2, -0.15) is 0 Å². The summed E-state index contributed by atoms with van der Waals surface area (Å²) in [6.45, 7) is 1.39. The molecule has 0 saturated heterocycles. The average Bonchev–Trinajstić information content (AvgIpc) is 3.60. The first-order valence-electron chi connectivity index (χ1n) is 13.0. The molecule has 1 aliphatic heterocycles. The number of hydrogen-bond donors (Lipinski definition) is 0. The zero-order valence-corrected chi connectivity index (χ0v) is 24.1. The standard InChI is InChI=1S/C31H23Cl2N5O4/c1-18-29(28(37-14-13-34-17-37)21-9-5-6-10-24(21)35-18)42-16-22-23(32)11-12-25(27(22)33)36(2)26(39)15-38-30(40)19-7-3-4-8-20(19)31(38)41/h3-14,17H,15-16H2,1-2H3. The Balaban J connectivity index is 1.27. The number of imidazole rings is 1. The minimum atomic E-state index is -0.512. The molecule has 1 aliphatic rings. The fourth-order valence-electron chi connectivity index (χ4n) is 5.00. The van der Waals surface area contributed by atoms with E-state index in [9.17, 15) is 14.4 Å². The summed E-state index contributed by atoms with van der Waals surface area (Å²) in [5.74, 6) is -1.000. The maximum Gasteiger partial charge on any atom is 0.262 e. The molecule has 0 atom stereocenters. The third-order valence-corrected chi connectivity index (χ3v) is 7.96. The molecule has 42 heavy (non-hydrogen) atoms. The average molecular weight is 600 g/mol. The number of hydrogen-bond acceptors (Lipinski definition) is 6. The van der Waals surface area contributed by atoms with E-state index in [1.807, 2.05) is 42.0 Å². The van der Waals surface area contributed by atoms with E-state index in [1.54, 1.807) is 48.9 Å². The molecule has 9 nitrogen and oxygen atoms in total. The van der Waals surface area contributed by atoms with Crippen LogP contribution in [0.1, 0.15) is 32.0 Å². The van der Waals surface area contributed by atoms with Crippen molar-refractivity contribution in [3.05, 3.63) is 112 Å². The van der Waals surface area contributed by atoms with Gasteiger partial charge in [-0.3, -0.25) is 19.3 Å². The number of fused-ring (bicyclic) bond motifs is 2. The smallest absolute Gasteiger partial charge is 0.262 e. The van der Waals surface area contributed by atoms with Crippen LogP contribution in [0.2, 0.25) is 10.0 Å². The van der Waals surface area contributed by atoms with Crippen LogP contribution in [0.15, 0.2) is 79.4 Å². The predicted molar refractivity (Wildman–Crippen MR) is 160 cm³/mol. The zero-order valence-electron chi connectivity index (χ0n) is 22.5. The van der Waals surface area contributed by atoms with E-state index >= 15 is 0 Å². The van der Waals surface area contributed by atoms with Gasteiger partial charge in [0.25, 0.3) is 11.8 Å². The largest absolute Gasteiger partial charge is 0.485 e.